The van der Waals surface area contributed by atoms with E-state index in [4.69, 9.17) is 18.5 Å². The minimum atomic E-state index is -4.53. The maximum absolute atomic E-state index is 13.7. The van der Waals surface area contributed by atoms with Gasteiger partial charge in [-0.25, -0.2) is 0 Å². The summed E-state index contributed by atoms with van der Waals surface area (Å²) in [6, 6.07) is 0. The van der Waals surface area contributed by atoms with Crippen LogP contribution in [0.3, 0.4) is 0 Å². The number of ether oxygens (including phenoxy) is 2. The highest BCUT2D eigenvalue weighted by Crippen LogP contribution is 2.38. The Labute approximate surface area is 393 Å². The number of phosphoric ester groups is 1. The fourth-order valence-electron chi connectivity index (χ4n) is 8.47. The molecule has 0 heterocycles. The number of unbranched alkanes of at least 4 members (excludes halogenated alkanes) is 35. The maximum Gasteiger partial charge on any atom is 0.309 e. The molecule has 0 saturated heterocycles. The minimum Gasteiger partial charge on any atom is -0.756 e. The van der Waals surface area contributed by atoms with Crippen LogP contribution in [0.5, 0.6) is 0 Å². The van der Waals surface area contributed by atoms with Gasteiger partial charge >= 0.3 is 5.97 Å². The third kappa shape index (κ3) is 47.8. The summed E-state index contributed by atoms with van der Waals surface area (Å²) >= 11 is 0. The van der Waals surface area contributed by atoms with Crippen molar-refractivity contribution in [2.24, 2.45) is 5.92 Å². The zero-order valence-corrected chi connectivity index (χ0v) is 44.1. The van der Waals surface area contributed by atoms with Crippen LogP contribution in [0.4, 0.5) is 0 Å². The molecule has 0 N–H and O–H groups in total. The summed E-state index contributed by atoms with van der Waals surface area (Å²) in [6.07, 6.45) is 50.1. The molecule has 0 spiro atoms. The Balaban J connectivity index is 5.00. The van der Waals surface area contributed by atoms with E-state index < -0.39 is 13.9 Å². The number of quaternary nitrogens is 1. The number of carbonyl (C=O) groups excluding carboxylic acids is 1. The van der Waals surface area contributed by atoms with Crippen molar-refractivity contribution in [2.75, 3.05) is 54.1 Å². The average Bonchev–Trinajstić information content (AvgIpc) is 3.25. The molecule has 0 saturated carbocycles. The Kier molecular flexibility index (Phi) is 46.2. The summed E-state index contributed by atoms with van der Waals surface area (Å²) in [4.78, 5) is 26.4. The molecule has 378 valence electrons. The van der Waals surface area contributed by atoms with Crippen molar-refractivity contribution in [1.29, 1.82) is 0 Å². The molecule has 0 amide bonds. The van der Waals surface area contributed by atoms with E-state index in [1.54, 1.807) is 0 Å². The van der Waals surface area contributed by atoms with Gasteiger partial charge in [-0.15, -0.1) is 0 Å². The smallest absolute Gasteiger partial charge is 0.309 e. The van der Waals surface area contributed by atoms with E-state index in [0.29, 0.717) is 17.6 Å². The van der Waals surface area contributed by atoms with Crippen LogP contribution >= 0.6 is 7.82 Å². The van der Waals surface area contributed by atoms with Crippen molar-refractivity contribution in [1.82, 2.24) is 0 Å². The van der Waals surface area contributed by atoms with Crippen LogP contribution in [0.25, 0.3) is 0 Å². The van der Waals surface area contributed by atoms with Crippen LogP contribution in [0.1, 0.15) is 278 Å². The monoisotopic (exact) mass is 916 g/mol. The predicted molar refractivity (Wildman–Crippen MR) is 268 cm³/mol. The fourth-order valence-corrected chi connectivity index (χ4v) is 9.19. The molecule has 8 nitrogen and oxygen atoms in total. The Morgan fingerprint density at radius 3 is 1.10 bits per heavy atom. The van der Waals surface area contributed by atoms with Gasteiger partial charge in [0, 0.05) is 6.61 Å². The van der Waals surface area contributed by atoms with Gasteiger partial charge in [0.05, 0.1) is 33.7 Å². The molecule has 0 radical (unpaired) electrons. The zero-order valence-electron chi connectivity index (χ0n) is 43.2. The molecular weight excluding hydrogens is 806 g/mol. The first kappa shape index (κ1) is 62.5. The number of esters is 1. The fraction of sp³-hybridized carbons (Fsp3) is 0.981. The molecule has 2 unspecified atom stereocenters. The van der Waals surface area contributed by atoms with Crippen LogP contribution < -0.4 is 4.89 Å². The Bertz CT molecular complexity index is 964. The van der Waals surface area contributed by atoms with Gasteiger partial charge in [-0.05, 0) is 19.3 Å². The highest BCUT2D eigenvalue weighted by Gasteiger charge is 2.23. The zero-order chi connectivity index (χ0) is 46.4. The summed E-state index contributed by atoms with van der Waals surface area (Å²) in [5, 5.41) is 0. The van der Waals surface area contributed by atoms with Crippen molar-refractivity contribution in [3.05, 3.63) is 0 Å². The average molecular weight is 916 g/mol. The number of likely N-dealkylation sites (N-methyl/N-ethyl adjacent to an activating group) is 1. The molecule has 0 aromatic carbocycles. The molecule has 2 atom stereocenters. The van der Waals surface area contributed by atoms with Gasteiger partial charge in [-0.3, -0.25) is 9.36 Å². The normalized spacial score (nSPS) is 13.5. The molecule has 0 aliphatic rings. The minimum absolute atomic E-state index is 0.0102. The molecule has 0 bridgehead atoms. The molecule has 0 aromatic heterocycles. The van der Waals surface area contributed by atoms with Crippen LogP contribution in [0.2, 0.25) is 0 Å². The molecule has 0 fully saturated rings. The molecule has 0 aliphatic carbocycles. The quantitative estimate of drug-likeness (QED) is 0.0260. The summed E-state index contributed by atoms with van der Waals surface area (Å²) in [7, 11) is 1.43. The van der Waals surface area contributed by atoms with Crippen molar-refractivity contribution < 1.29 is 37.3 Å². The Morgan fingerprint density at radius 1 is 0.444 bits per heavy atom. The summed E-state index contributed by atoms with van der Waals surface area (Å²) in [5.41, 5.74) is 0. The van der Waals surface area contributed by atoms with Crippen molar-refractivity contribution in [2.45, 2.75) is 284 Å². The number of rotatable bonds is 52. The molecule has 0 aliphatic heterocycles. The van der Waals surface area contributed by atoms with Gasteiger partial charge in [0.2, 0.25) is 0 Å². The second-order valence-electron chi connectivity index (χ2n) is 20.4. The lowest BCUT2D eigenvalue weighted by Gasteiger charge is -2.28. The second-order valence-corrected chi connectivity index (χ2v) is 21.8. The lowest BCUT2D eigenvalue weighted by atomic mass is 9.94. The van der Waals surface area contributed by atoms with Crippen molar-refractivity contribution >= 4 is 13.8 Å². The van der Waals surface area contributed by atoms with E-state index in [9.17, 15) is 14.3 Å². The topological polar surface area (TPSA) is 94.1 Å². The number of carbonyl (C=O) groups is 1. The Hall–Kier alpha value is -0.500. The first-order valence-corrected chi connectivity index (χ1v) is 29.2. The van der Waals surface area contributed by atoms with Gasteiger partial charge in [-0.2, -0.15) is 0 Å². The summed E-state index contributed by atoms with van der Waals surface area (Å²) < 4.78 is 35.9. The second kappa shape index (κ2) is 46.6. The molecular formula is C54H110NO7P. The van der Waals surface area contributed by atoms with E-state index in [2.05, 4.69) is 20.8 Å². The van der Waals surface area contributed by atoms with Crippen LogP contribution in [-0.2, 0) is 27.9 Å². The lowest BCUT2D eigenvalue weighted by molar-refractivity contribution is -0.870. The van der Waals surface area contributed by atoms with Gasteiger partial charge < -0.3 is 27.9 Å². The molecule has 0 aromatic rings. The maximum atomic E-state index is 13.7. The largest absolute Gasteiger partial charge is 0.756 e. The van der Waals surface area contributed by atoms with Crippen LogP contribution in [-0.4, -0.2) is 70.7 Å². The van der Waals surface area contributed by atoms with Crippen LogP contribution in [0.15, 0.2) is 0 Å². The van der Waals surface area contributed by atoms with Crippen molar-refractivity contribution in [3.8, 4) is 0 Å². The molecule has 0 rings (SSSR count). The third-order valence-electron chi connectivity index (χ3n) is 12.8. The molecule has 9 heteroatoms. The van der Waals surface area contributed by atoms with Gasteiger partial charge in [-0.1, -0.05) is 258 Å². The third-order valence-corrected chi connectivity index (χ3v) is 13.8. The first-order valence-electron chi connectivity index (χ1n) is 27.7. The lowest BCUT2D eigenvalue weighted by Crippen LogP contribution is -2.37. The van der Waals surface area contributed by atoms with Crippen LogP contribution in [0, 0.1) is 5.92 Å². The van der Waals surface area contributed by atoms with Crippen molar-refractivity contribution in [3.63, 3.8) is 0 Å². The number of phosphoric acid groups is 1. The molecule has 63 heavy (non-hydrogen) atoms. The highest BCUT2D eigenvalue weighted by molar-refractivity contribution is 7.45. The standard InChI is InChI=1S/C54H110NO7P/c1-7-10-13-16-19-22-25-28-29-32-35-38-41-44-48-59-53(51-62-63(57,58)61-49-47-55(4,5)6)50-60-54(56)52(45-42-39-36-33-30-26-23-20-17-14-11-8-2)46-43-40-37-34-31-27-24-21-18-15-12-9-3/h52-53H,7-51H2,1-6H3. The van der Waals surface area contributed by atoms with E-state index in [1.807, 2.05) is 21.1 Å². The van der Waals surface area contributed by atoms with E-state index >= 15 is 0 Å². The highest BCUT2D eigenvalue weighted by atomic mass is 31.2. The number of hydrogen-bond acceptors (Lipinski definition) is 7. The van der Waals surface area contributed by atoms with Gasteiger partial charge in [0.25, 0.3) is 7.82 Å². The van der Waals surface area contributed by atoms with E-state index in [0.717, 1.165) is 51.4 Å². The van der Waals surface area contributed by atoms with Gasteiger partial charge in [0.15, 0.2) is 0 Å². The number of nitrogens with zero attached hydrogens (tertiary/aromatic N) is 1. The van der Waals surface area contributed by atoms with E-state index in [1.165, 1.54) is 205 Å². The Morgan fingerprint density at radius 2 is 0.762 bits per heavy atom. The number of hydrogen-bond donors (Lipinski definition) is 0. The van der Waals surface area contributed by atoms with Gasteiger partial charge in [0.1, 0.15) is 25.9 Å². The summed E-state index contributed by atoms with van der Waals surface area (Å²) in [5.74, 6) is -0.302. The first-order chi connectivity index (χ1) is 30.5. The van der Waals surface area contributed by atoms with E-state index in [-0.39, 0.29) is 31.7 Å². The summed E-state index contributed by atoms with van der Waals surface area (Å²) in [6.45, 7) is 7.65. The predicted octanol–water partition coefficient (Wildman–Crippen LogP) is 16.4. The SMILES string of the molecule is CCCCCCCCCCCCCCCCOC(COC(=O)C(CCCCCCCCCCCCCC)CCCCCCCCCCCCCC)COP(=O)([O-])OCC[N+](C)(C)C.